The molecule has 1 aromatic rings. The molecule has 0 atom stereocenters. The number of rotatable bonds is 0. The van der Waals surface area contributed by atoms with Crippen LogP contribution in [0, 0.1) is 0 Å². The fraction of sp³-hybridized carbons (Fsp3) is 0.727. The Morgan fingerprint density at radius 2 is 1.77 bits per heavy atom. The van der Waals surface area contributed by atoms with Gasteiger partial charge >= 0.3 is 0 Å². The molecular formula is C11H18N2. The Hall–Kier alpha value is -0.790. The zero-order valence-corrected chi connectivity index (χ0v) is 8.21. The van der Waals surface area contributed by atoms with Gasteiger partial charge in [-0.1, -0.05) is 25.7 Å². The van der Waals surface area contributed by atoms with Crippen molar-refractivity contribution in [2.75, 3.05) is 0 Å². The topological polar surface area (TPSA) is 17.8 Å². The number of aromatic nitrogens is 2. The lowest BCUT2D eigenvalue weighted by Gasteiger charge is -2.09. The summed E-state index contributed by atoms with van der Waals surface area (Å²) in [5, 5.41) is 4.35. The molecule has 2 rings (SSSR count). The highest BCUT2D eigenvalue weighted by molar-refractivity contribution is 5.00. The van der Waals surface area contributed by atoms with Crippen LogP contribution in [0.3, 0.4) is 0 Å². The SMILES string of the molecule is c1cc2n(n1)CCCCCCCC2. The number of fused-ring (bicyclic) bond motifs is 1. The summed E-state index contributed by atoms with van der Waals surface area (Å²) in [7, 11) is 0. The van der Waals surface area contributed by atoms with Gasteiger partial charge in [0.25, 0.3) is 0 Å². The maximum absolute atomic E-state index is 4.35. The van der Waals surface area contributed by atoms with Crippen LogP contribution in [-0.2, 0) is 13.0 Å². The van der Waals surface area contributed by atoms with Crippen molar-refractivity contribution < 1.29 is 0 Å². The molecule has 72 valence electrons. The van der Waals surface area contributed by atoms with E-state index in [0.29, 0.717) is 0 Å². The predicted molar refractivity (Wildman–Crippen MR) is 53.6 cm³/mol. The Bertz CT molecular complexity index is 228. The van der Waals surface area contributed by atoms with E-state index in [1.54, 1.807) is 0 Å². The summed E-state index contributed by atoms with van der Waals surface area (Å²) in [5.41, 5.74) is 1.43. The molecule has 1 aromatic heterocycles. The molecule has 0 amide bonds. The minimum absolute atomic E-state index is 1.13. The van der Waals surface area contributed by atoms with Crippen LogP contribution in [0.5, 0.6) is 0 Å². The van der Waals surface area contributed by atoms with E-state index in [2.05, 4.69) is 15.8 Å². The van der Waals surface area contributed by atoms with Crippen LogP contribution in [0.25, 0.3) is 0 Å². The average molecular weight is 178 g/mol. The van der Waals surface area contributed by atoms with Gasteiger partial charge in [-0.05, 0) is 25.3 Å². The van der Waals surface area contributed by atoms with Crippen LogP contribution in [0.15, 0.2) is 12.3 Å². The van der Waals surface area contributed by atoms with Crippen molar-refractivity contribution in [2.24, 2.45) is 0 Å². The van der Waals surface area contributed by atoms with Crippen molar-refractivity contribution >= 4 is 0 Å². The highest BCUT2D eigenvalue weighted by Gasteiger charge is 2.03. The van der Waals surface area contributed by atoms with Gasteiger partial charge in [-0.3, -0.25) is 4.68 Å². The third-order valence-electron chi connectivity index (χ3n) is 2.86. The first-order chi connectivity index (χ1) is 6.47. The predicted octanol–water partition coefficient (Wildman–Crippen LogP) is 2.78. The maximum Gasteiger partial charge on any atom is 0.0492 e. The number of hydrogen-bond donors (Lipinski definition) is 0. The molecule has 0 saturated heterocycles. The van der Waals surface area contributed by atoms with Crippen LogP contribution in [0.1, 0.15) is 44.2 Å². The van der Waals surface area contributed by atoms with Crippen LogP contribution < -0.4 is 0 Å². The summed E-state index contributed by atoms with van der Waals surface area (Å²) in [6, 6.07) is 2.17. The van der Waals surface area contributed by atoms with Gasteiger partial charge in [0.05, 0.1) is 0 Å². The summed E-state index contributed by atoms with van der Waals surface area (Å²) < 4.78 is 2.19. The minimum Gasteiger partial charge on any atom is -0.270 e. The van der Waals surface area contributed by atoms with E-state index >= 15 is 0 Å². The van der Waals surface area contributed by atoms with E-state index in [9.17, 15) is 0 Å². The number of nitrogens with zero attached hydrogens (tertiary/aromatic N) is 2. The first-order valence-electron chi connectivity index (χ1n) is 5.47. The van der Waals surface area contributed by atoms with Crippen LogP contribution in [0.2, 0.25) is 0 Å². The lowest BCUT2D eigenvalue weighted by atomic mass is 10.1. The standard InChI is InChI=1S/C11H18N2/c1-2-4-6-10-13-11(7-5-3-1)8-9-12-13/h8-9H,1-7,10H2. The van der Waals surface area contributed by atoms with E-state index in [0.717, 1.165) is 6.54 Å². The smallest absolute Gasteiger partial charge is 0.0492 e. The summed E-state index contributed by atoms with van der Waals surface area (Å²) in [5.74, 6) is 0. The zero-order chi connectivity index (χ0) is 8.93. The fourth-order valence-corrected chi connectivity index (χ4v) is 2.05. The van der Waals surface area contributed by atoms with Gasteiger partial charge in [0.1, 0.15) is 0 Å². The van der Waals surface area contributed by atoms with Crippen molar-refractivity contribution in [1.82, 2.24) is 9.78 Å². The lowest BCUT2D eigenvalue weighted by molar-refractivity contribution is 0.488. The number of hydrogen-bond acceptors (Lipinski definition) is 1. The molecule has 2 heteroatoms. The van der Waals surface area contributed by atoms with E-state index < -0.39 is 0 Å². The summed E-state index contributed by atoms with van der Waals surface area (Å²) in [6.07, 6.45) is 11.4. The van der Waals surface area contributed by atoms with E-state index in [4.69, 9.17) is 0 Å². The molecule has 0 fully saturated rings. The molecule has 0 aliphatic carbocycles. The van der Waals surface area contributed by atoms with Crippen molar-refractivity contribution in [3.8, 4) is 0 Å². The zero-order valence-electron chi connectivity index (χ0n) is 8.21. The quantitative estimate of drug-likeness (QED) is 0.597. The Morgan fingerprint density at radius 3 is 2.69 bits per heavy atom. The van der Waals surface area contributed by atoms with Gasteiger partial charge in [-0.2, -0.15) is 5.10 Å². The van der Waals surface area contributed by atoms with Crippen molar-refractivity contribution in [1.29, 1.82) is 0 Å². The molecule has 13 heavy (non-hydrogen) atoms. The van der Waals surface area contributed by atoms with Crippen LogP contribution >= 0.6 is 0 Å². The van der Waals surface area contributed by atoms with E-state index in [1.165, 1.54) is 50.6 Å². The summed E-state index contributed by atoms with van der Waals surface area (Å²) in [4.78, 5) is 0. The molecule has 0 bridgehead atoms. The number of aryl methyl sites for hydroxylation is 2. The van der Waals surface area contributed by atoms with Gasteiger partial charge in [0, 0.05) is 18.4 Å². The molecule has 2 heterocycles. The highest BCUT2D eigenvalue weighted by Crippen LogP contribution is 2.13. The molecule has 1 aliphatic heterocycles. The summed E-state index contributed by atoms with van der Waals surface area (Å²) in [6.45, 7) is 1.13. The van der Waals surface area contributed by atoms with Crippen LogP contribution in [-0.4, -0.2) is 9.78 Å². The van der Waals surface area contributed by atoms with Gasteiger partial charge < -0.3 is 0 Å². The highest BCUT2D eigenvalue weighted by atomic mass is 15.3. The lowest BCUT2D eigenvalue weighted by Crippen LogP contribution is -2.06. The Kier molecular flexibility index (Phi) is 3.01. The molecule has 0 spiro atoms. The molecular weight excluding hydrogens is 160 g/mol. The molecule has 0 aromatic carbocycles. The monoisotopic (exact) mass is 178 g/mol. The van der Waals surface area contributed by atoms with E-state index in [-0.39, 0.29) is 0 Å². The first-order valence-corrected chi connectivity index (χ1v) is 5.47. The van der Waals surface area contributed by atoms with Crippen molar-refractivity contribution in [3.05, 3.63) is 18.0 Å². The fourth-order valence-electron chi connectivity index (χ4n) is 2.05. The normalized spacial score (nSPS) is 19.4. The summed E-state index contributed by atoms with van der Waals surface area (Å²) >= 11 is 0. The average Bonchev–Trinajstić information content (AvgIpc) is 2.59. The molecule has 0 N–H and O–H groups in total. The molecule has 0 saturated carbocycles. The minimum atomic E-state index is 1.13. The first kappa shape index (κ1) is 8.79. The Balaban J connectivity index is 2.03. The Labute approximate surface area is 80.0 Å². The van der Waals surface area contributed by atoms with Crippen molar-refractivity contribution in [3.63, 3.8) is 0 Å². The van der Waals surface area contributed by atoms with Gasteiger partial charge in [0.2, 0.25) is 0 Å². The largest absolute Gasteiger partial charge is 0.270 e. The second-order valence-corrected chi connectivity index (χ2v) is 3.92. The third kappa shape index (κ3) is 2.33. The molecule has 0 unspecified atom stereocenters. The second-order valence-electron chi connectivity index (χ2n) is 3.92. The molecule has 0 radical (unpaired) electrons. The van der Waals surface area contributed by atoms with E-state index in [1.807, 2.05) is 6.20 Å². The van der Waals surface area contributed by atoms with Crippen molar-refractivity contribution in [2.45, 2.75) is 51.5 Å². The van der Waals surface area contributed by atoms with Gasteiger partial charge in [-0.15, -0.1) is 0 Å². The maximum atomic E-state index is 4.35. The Morgan fingerprint density at radius 1 is 1.00 bits per heavy atom. The third-order valence-corrected chi connectivity index (χ3v) is 2.86. The van der Waals surface area contributed by atoms with Gasteiger partial charge in [0.15, 0.2) is 0 Å². The van der Waals surface area contributed by atoms with Crippen LogP contribution in [0.4, 0.5) is 0 Å². The van der Waals surface area contributed by atoms with Gasteiger partial charge in [-0.25, -0.2) is 0 Å². The molecule has 2 nitrogen and oxygen atoms in total. The molecule has 1 aliphatic rings. The second kappa shape index (κ2) is 4.45.